The highest BCUT2D eigenvalue weighted by Crippen LogP contribution is 2.23. The van der Waals surface area contributed by atoms with Gasteiger partial charge in [0.1, 0.15) is 5.82 Å². The van der Waals surface area contributed by atoms with Gasteiger partial charge in [0.05, 0.1) is 17.3 Å². The Hall–Kier alpha value is -3.45. The van der Waals surface area contributed by atoms with Crippen molar-refractivity contribution >= 4 is 40.0 Å². The zero-order valence-electron chi connectivity index (χ0n) is 13.5. The molecule has 0 spiro atoms. The van der Waals surface area contributed by atoms with Crippen LogP contribution in [0.3, 0.4) is 0 Å². The second-order valence-electron chi connectivity index (χ2n) is 5.57. The topological polar surface area (TPSA) is 83.0 Å². The number of nitrogens with one attached hydrogen (secondary N) is 3. The van der Waals surface area contributed by atoms with Crippen LogP contribution in [0.5, 0.6) is 0 Å². The van der Waals surface area contributed by atoms with Crippen molar-refractivity contribution in [1.82, 2.24) is 15.3 Å². The maximum Gasteiger partial charge on any atom is 0.293 e. The van der Waals surface area contributed by atoms with Crippen molar-refractivity contribution in [1.29, 1.82) is 0 Å². The summed E-state index contributed by atoms with van der Waals surface area (Å²) in [5.41, 5.74) is 3.53. The second kappa shape index (κ2) is 6.81. The lowest BCUT2D eigenvalue weighted by Gasteiger charge is -2.09. The molecule has 2 aromatic carbocycles. The summed E-state index contributed by atoms with van der Waals surface area (Å²) in [6.45, 7) is 0. The van der Waals surface area contributed by atoms with Gasteiger partial charge in [0.25, 0.3) is 5.91 Å². The number of para-hydroxylation sites is 2. The predicted molar refractivity (Wildman–Crippen MR) is 104 cm³/mol. The van der Waals surface area contributed by atoms with Crippen LogP contribution in [-0.4, -0.2) is 21.0 Å². The third-order valence-corrected chi connectivity index (χ3v) is 3.96. The van der Waals surface area contributed by atoms with Gasteiger partial charge in [-0.2, -0.15) is 0 Å². The Kier molecular flexibility index (Phi) is 4.20. The van der Waals surface area contributed by atoms with Crippen LogP contribution in [0.4, 0.5) is 5.69 Å². The number of anilines is 1. The lowest BCUT2D eigenvalue weighted by molar-refractivity contribution is 0.0950. The van der Waals surface area contributed by atoms with Crippen LogP contribution in [0.2, 0.25) is 0 Å². The van der Waals surface area contributed by atoms with E-state index in [-0.39, 0.29) is 10.9 Å². The number of carbonyl (C=O) groups excluding carboxylic acids is 1. The average molecular weight is 362 g/mol. The van der Waals surface area contributed by atoms with E-state index in [9.17, 15) is 4.79 Å². The van der Waals surface area contributed by atoms with Gasteiger partial charge in [0.2, 0.25) is 0 Å². The summed E-state index contributed by atoms with van der Waals surface area (Å²) in [4.78, 5) is 19.8. The smallest absolute Gasteiger partial charge is 0.293 e. The Morgan fingerprint density at radius 1 is 1.08 bits per heavy atom. The fourth-order valence-electron chi connectivity index (χ4n) is 2.57. The minimum absolute atomic E-state index is 0.188. The number of H-pyrrole nitrogens is 1. The van der Waals surface area contributed by atoms with Crippen LogP contribution in [0.25, 0.3) is 22.4 Å². The monoisotopic (exact) mass is 362 g/mol. The maximum absolute atomic E-state index is 11.9. The normalized spacial score (nSPS) is 10.6. The number of carbonyl (C=O) groups is 1. The lowest BCUT2D eigenvalue weighted by atomic mass is 10.2. The number of hydrogen-bond acceptors (Lipinski definition) is 4. The molecule has 0 aliphatic carbocycles. The number of benzene rings is 2. The number of nitrogens with zero attached hydrogens (tertiary/aromatic N) is 1. The van der Waals surface area contributed by atoms with Gasteiger partial charge in [-0.25, -0.2) is 4.98 Å². The molecule has 1 amide bonds. The van der Waals surface area contributed by atoms with Gasteiger partial charge in [-0.1, -0.05) is 24.3 Å². The summed E-state index contributed by atoms with van der Waals surface area (Å²) in [6.07, 6.45) is 1.43. The number of fused-ring (bicyclic) bond motifs is 1. The molecule has 7 heteroatoms. The van der Waals surface area contributed by atoms with Crippen molar-refractivity contribution in [3.8, 4) is 11.4 Å². The third-order valence-electron chi connectivity index (χ3n) is 3.76. The first kappa shape index (κ1) is 16.0. The number of aromatic amines is 1. The van der Waals surface area contributed by atoms with Gasteiger partial charge in [-0.15, -0.1) is 0 Å². The van der Waals surface area contributed by atoms with Gasteiger partial charge in [-0.3, -0.25) is 10.1 Å². The summed E-state index contributed by atoms with van der Waals surface area (Å²) in [5.74, 6) is 0.562. The molecule has 0 saturated heterocycles. The van der Waals surface area contributed by atoms with Crippen LogP contribution < -0.4 is 10.6 Å². The lowest BCUT2D eigenvalue weighted by Crippen LogP contribution is -2.33. The van der Waals surface area contributed by atoms with Crippen molar-refractivity contribution in [2.24, 2.45) is 0 Å². The Morgan fingerprint density at radius 3 is 2.77 bits per heavy atom. The minimum Gasteiger partial charge on any atom is -0.459 e. The Morgan fingerprint density at radius 2 is 1.96 bits per heavy atom. The molecule has 4 aromatic rings. The Bertz CT molecular complexity index is 1050. The summed E-state index contributed by atoms with van der Waals surface area (Å²) in [6, 6.07) is 18.7. The van der Waals surface area contributed by atoms with E-state index < -0.39 is 5.91 Å². The quantitative estimate of drug-likeness (QED) is 0.481. The molecule has 128 valence electrons. The van der Waals surface area contributed by atoms with Crippen LogP contribution >= 0.6 is 12.2 Å². The fraction of sp³-hybridized carbons (Fsp3) is 0. The van der Waals surface area contributed by atoms with Crippen molar-refractivity contribution in [3.05, 3.63) is 72.7 Å². The van der Waals surface area contributed by atoms with Gasteiger partial charge in [0, 0.05) is 11.3 Å². The molecule has 0 atom stereocenters. The highest BCUT2D eigenvalue weighted by molar-refractivity contribution is 7.80. The zero-order valence-corrected chi connectivity index (χ0v) is 14.3. The highest BCUT2D eigenvalue weighted by atomic mass is 32.1. The SMILES string of the molecule is O=C(NC(=S)Nc1cccc(-c2nc3ccccc3[nH]2)c1)c1ccco1. The first-order valence-corrected chi connectivity index (χ1v) is 8.31. The molecule has 0 aliphatic heterocycles. The van der Waals surface area contributed by atoms with E-state index in [2.05, 4.69) is 20.6 Å². The molecule has 6 nitrogen and oxygen atoms in total. The van der Waals surface area contributed by atoms with E-state index in [0.717, 1.165) is 28.1 Å². The molecular formula is C19H14N4O2S. The number of rotatable bonds is 3. The maximum atomic E-state index is 11.9. The summed E-state index contributed by atoms with van der Waals surface area (Å²) in [7, 11) is 0. The Labute approximate surface area is 154 Å². The molecular weight excluding hydrogens is 348 g/mol. The van der Waals surface area contributed by atoms with Crippen molar-refractivity contribution in [2.75, 3.05) is 5.32 Å². The summed E-state index contributed by atoms with van der Waals surface area (Å²) in [5, 5.41) is 5.76. The van der Waals surface area contributed by atoms with E-state index in [1.807, 2.05) is 48.5 Å². The Balaban J connectivity index is 1.50. The van der Waals surface area contributed by atoms with Gasteiger partial charge >= 0.3 is 0 Å². The van der Waals surface area contributed by atoms with E-state index in [0.29, 0.717) is 0 Å². The standard InChI is InChI=1S/C19H14N4O2S/c24-18(16-9-4-10-25-16)23-19(26)20-13-6-3-5-12(11-13)17-21-14-7-1-2-8-15(14)22-17/h1-11H,(H,21,22)(H2,20,23,24,26). The largest absolute Gasteiger partial charge is 0.459 e. The molecule has 0 aliphatic rings. The summed E-state index contributed by atoms with van der Waals surface area (Å²) >= 11 is 5.19. The van der Waals surface area contributed by atoms with Gasteiger partial charge in [0.15, 0.2) is 10.9 Å². The molecule has 26 heavy (non-hydrogen) atoms. The average Bonchev–Trinajstić information content (AvgIpc) is 3.31. The van der Waals surface area contributed by atoms with Crippen molar-refractivity contribution < 1.29 is 9.21 Å². The van der Waals surface area contributed by atoms with Crippen LogP contribution in [0.15, 0.2) is 71.3 Å². The van der Waals surface area contributed by atoms with Crippen LogP contribution in [0, 0.1) is 0 Å². The number of furan rings is 1. The fourth-order valence-corrected chi connectivity index (χ4v) is 2.78. The molecule has 0 fully saturated rings. The second-order valence-corrected chi connectivity index (χ2v) is 5.98. The van der Waals surface area contributed by atoms with Crippen LogP contribution in [-0.2, 0) is 0 Å². The van der Waals surface area contributed by atoms with Gasteiger partial charge < -0.3 is 14.7 Å². The molecule has 0 saturated carbocycles. The van der Waals surface area contributed by atoms with Crippen molar-refractivity contribution in [3.63, 3.8) is 0 Å². The first-order chi connectivity index (χ1) is 12.7. The molecule has 0 bridgehead atoms. The molecule has 2 heterocycles. The highest BCUT2D eigenvalue weighted by Gasteiger charge is 2.11. The molecule has 0 radical (unpaired) electrons. The predicted octanol–water partition coefficient (Wildman–Crippen LogP) is 3.95. The number of aromatic nitrogens is 2. The van der Waals surface area contributed by atoms with E-state index >= 15 is 0 Å². The van der Waals surface area contributed by atoms with E-state index in [4.69, 9.17) is 16.6 Å². The van der Waals surface area contributed by atoms with Crippen LogP contribution in [0.1, 0.15) is 10.6 Å². The number of thiocarbonyl (C=S) groups is 1. The summed E-state index contributed by atoms with van der Waals surface area (Å²) < 4.78 is 5.04. The van der Waals surface area contributed by atoms with Gasteiger partial charge in [-0.05, 0) is 48.6 Å². The molecule has 4 rings (SSSR count). The first-order valence-electron chi connectivity index (χ1n) is 7.90. The van der Waals surface area contributed by atoms with E-state index in [1.54, 1.807) is 12.1 Å². The molecule has 3 N–H and O–H groups in total. The number of hydrogen-bond donors (Lipinski definition) is 3. The molecule has 2 aromatic heterocycles. The number of imidazole rings is 1. The zero-order chi connectivity index (χ0) is 17.9. The minimum atomic E-state index is -0.402. The number of amides is 1. The molecule has 0 unspecified atom stereocenters. The van der Waals surface area contributed by atoms with Crippen molar-refractivity contribution in [2.45, 2.75) is 0 Å². The van der Waals surface area contributed by atoms with E-state index in [1.165, 1.54) is 6.26 Å². The third kappa shape index (κ3) is 3.33.